The summed E-state index contributed by atoms with van der Waals surface area (Å²) in [7, 11) is 0. The van der Waals surface area contributed by atoms with Crippen molar-refractivity contribution in [3.8, 4) is 0 Å². The zero-order valence-electron chi connectivity index (χ0n) is 13.8. The Bertz CT molecular complexity index is 358. The van der Waals surface area contributed by atoms with Crippen molar-refractivity contribution in [1.29, 1.82) is 0 Å². The van der Waals surface area contributed by atoms with Crippen LogP contribution in [0.5, 0.6) is 0 Å². The molecule has 0 fully saturated rings. The van der Waals surface area contributed by atoms with Crippen LogP contribution in [-0.4, -0.2) is 19.3 Å². The van der Waals surface area contributed by atoms with Crippen LogP contribution in [0.2, 0.25) is 0 Å². The van der Waals surface area contributed by atoms with Crippen LogP contribution in [0.25, 0.3) is 0 Å². The van der Waals surface area contributed by atoms with Crippen LogP contribution in [0, 0.1) is 5.92 Å². The first-order valence-corrected chi connectivity index (χ1v) is 8.07. The lowest BCUT2D eigenvalue weighted by Gasteiger charge is -2.31. The Morgan fingerprint density at radius 2 is 1.70 bits per heavy atom. The molecular formula is C18H31NO. The Morgan fingerprint density at radius 3 is 2.15 bits per heavy atom. The van der Waals surface area contributed by atoms with Gasteiger partial charge in [-0.25, -0.2) is 0 Å². The highest BCUT2D eigenvalue weighted by Crippen LogP contribution is 2.25. The molecule has 0 aromatic heterocycles. The largest absolute Gasteiger partial charge is 0.376 e. The minimum atomic E-state index is 0.221. The lowest BCUT2D eigenvalue weighted by atomic mass is 9.92. The molecule has 0 heterocycles. The zero-order chi connectivity index (χ0) is 15.0. The molecule has 0 bridgehead atoms. The van der Waals surface area contributed by atoms with Gasteiger partial charge in [-0.05, 0) is 43.4 Å². The fourth-order valence-corrected chi connectivity index (χ4v) is 2.55. The molecular weight excluding hydrogens is 246 g/mol. The van der Waals surface area contributed by atoms with Crippen LogP contribution in [0.3, 0.4) is 0 Å². The number of aryl methyl sites for hydroxylation is 1. The van der Waals surface area contributed by atoms with E-state index >= 15 is 0 Å². The Morgan fingerprint density at radius 1 is 1.05 bits per heavy atom. The molecule has 2 nitrogen and oxygen atoms in total. The van der Waals surface area contributed by atoms with E-state index in [4.69, 9.17) is 4.74 Å². The second-order valence-electron chi connectivity index (χ2n) is 5.69. The van der Waals surface area contributed by atoms with E-state index in [1.54, 1.807) is 0 Å². The van der Waals surface area contributed by atoms with Crippen molar-refractivity contribution in [3.63, 3.8) is 0 Å². The van der Waals surface area contributed by atoms with Crippen LogP contribution in [0.15, 0.2) is 24.3 Å². The summed E-state index contributed by atoms with van der Waals surface area (Å²) >= 11 is 0. The molecule has 0 aliphatic heterocycles. The van der Waals surface area contributed by atoms with Gasteiger partial charge in [0.15, 0.2) is 0 Å². The third-order valence-electron chi connectivity index (χ3n) is 3.71. The van der Waals surface area contributed by atoms with Gasteiger partial charge in [0.25, 0.3) is 0 Å². The van der Waals surface area contributed by atoms with E-state index < -0.39 is 0 Å². The fourth-order valence-electron chi connectivity index (χ4n) is 2.55. The summed E-state index contributed by atoms with van der Waals surface area (Å²) in [6.07, 6.45) is 2.45. The monoisotopic (exact) mass is 277 g/mol. The first-order chi connectivity index (χ1) is 9.63. The number of rotatable bonds is 9. The molecule has 0 saturated carbocycles. The summed E-state index contributed by atoms with van der Waals surface area (Å²) in [6, 6.07) is 9.25. The van der Waals surface area contributed by atoms with Gasteiger partial charge in [-0.3, -0.25) is 0 Å². The third kappa shape index (κ3) is 4.92. The number of hydrogen-bond donors (Lipinski definition) is 1. The predicted octanol–water partition coefficient (Wildman–Crippen LogP) is 4.35. The summed E-state index contributed by atoms with van der Waals surface area (Å²) in [4.78, 5) is 0. The highest BCUT2D eigenvalue weighted by atomic mass is 16.5. The Hall–Kier alpha value is -0.860. The molecule has 2 atom stereocenters. The van der Waals surface area contributed by atoms with Crippen molar-refractivity contribution in [2.75, 3.05) is 13.2 Å². The molecule has 20 heavy (non-hydrogen) atoms. The Labute approximate surface area is 124 Å². The van der Waals surface area contributed by atoms with E-state index in [1.807, 2.05) is 0 Å². The van der Waals surface area contributed by atoms with Crippen molar-refractivity contribution < 1.29 is 4.74 Å². The molecule has 1 aromatic rings. The molecule has 0 aliphatic rings. The van der Waals surface area contributed by atoms with Crippen molar-refractivity contribution >= 4 is 0 Å². The highest BCUT2D eigenvalue weighted by Gasteiger charge is 2.25. The number of ether oxygens (including phenoxy) is 1. The van der Waals surface area contributed by atoms with Crippen LogP contribution < -0.4 is 5.32 Å². The van der Waals surface area contributed by atoms with Crippen molar-refractivity contribution in [2.24, 2.45) is 5.92 Å². The standard InChI is InChI=1S/C18H31NO/c1-6-13-19-17(18(14(4)5)20-8-3)16-11-9-15(7-2)10-12-16/h9-12,14,17-19H,6-8,13H2,1-5H3. The summed E-state index contributed by atoms with van der Waals surface area (Å²) < 4.78 is 6.01. The molecule has 0 radical (unpaired) electrons. The van der Waals surface area contributed by atoms with Gasteiger partial charge in [0.1, 0.15) is 0 Å². The smallest absolute Gasteiger partial charge is 0.0792 e. The van der Waals surface area contributed by atoms with Gasteiger partial charge in [-0.15, -0.1) is 0 Å². The van der Waals surface area contributed by atoms with Crippen LogP contribution in [-0.2, 0) is 11.2 Å². The summed E-state index contributed by atoms with van der Waals surface area (Å²) in [5.41, 5.74) is 2.73. The van der Waals surface area contributed by atoms with E-state index in [1.165, 1.54) is 11.1 Å². The van der Waals surface area contributed by atoms with E-state index in [0.717, 1.165) is 26.0 Å². The van der Waals surface area contributed by atoms with Gasteiger partial charge < -0.3 is 10.1 Å². The normalized spacial score (nSPS) is 14.5. The lowest BCUT2D eigenvalue weighted by molar-refractivity contribution is 0.00283. The summed E-state index contributed by atoms with van der Waals surface area (Å²) in [5.74, 6) is 0.496. The van der Waals surface area contributed by atoms with E-state index in [2.05, 4.69) is 64.2 Å². The minimum absolute atomic E-state index is 0.221. The van der Waals surface area contributed by atoms with Gasteiger partial charge in [-0.1, -0.05) is 52.0 Å². The van der Waals surface area contributed by atoms with Crippen LogP contribution in [0.1, 0.15) is 58.2 Å². The zero-order valence-corrected chi connectivity index (χ0v) is 13.8. The van der Waals surface area contributed by atoms with Crippen LogP contribution in [0.4, 0.5) is 0 Å². The third-order valence-corrected chi connectivity index (χ3v) is 3.71. The second kappa shape index (κ2) is 9.15. The van der Waals surface area contributed by atoms with Crippen molar-refractivity contribution in [1.82, 2.24) is 5.32 Å². The number of hydrogen-bond acceptors (Lipinski definition) is 2. The SMILES string of the molecule is CCCNC(c1ccc(CC)cc1)C(OCC)C(C)C. The summed E-state index contributed by atoms with van der Waals surface area (Å²) in [5, 5.41) is 3.66. The molecule has 0 spiro atoms. The quantitative estimate of drug-likeness (QED) is 0.724. The first kappa shape index (κ1) is 17.2. The molecule has 0 amide bonds. The fraction of sp³-hybridized carbons (Fsp3) is 0.667. The van der Waals surface area contributed by atoms with Crippen molar-refractivity contribution in [3.05, 3.63) is 35.4 Å². The maximum absolute atomic E-state index is 6.01. The molecule has 1 aromatic carbocycles. The van der Waals surface area contributed by atoms with E-state index in [9.17, 15) is 0 Å². The second-order valence-corrected chi connectivity index (χ2v) is 5.69. The highest BCUT2D eigenvalue weighted by molar-refractivity contribution is 5.26. The number of nitrogens with one attached hydrogen (secondary N) is 1. The number of benzene rings is 1. The van der Waals surface area contributed by atoms with Gasteiger partial charge in [0.2, 0.25) is 0 Å². The van der Waals surface area contributed by atoms with E-state index in [0.29, 0.717) is 5.92 Å². The Balaban J connectivity index is 2.95. The minimum Gasteiger partial charge on any atom is -0.376 e. The average Bonchev–Trinajstić information content (AvgIpc) is 2.46. The molecule has 0 saturated heterocycles. The lowest BCUT2D eigenvalue weighted by Crippen LogP contribution is -2.37. The maximum Gasteiger partial charge on any atom is 0.0792 e. The van der Waals surface area contributed by atoms with Gasteiger partial charge >= 0.3 is 0 Å². The molecule has 0 aliphatic carbocycles. The van der Waals surface area contributed by atoms with Crippen LogP contribution >= 0.6 is 0 Å². The van der Waals surface area contributed by atoms with Gasteiger partial charge in [0.05, 0.1) is 12.1 Å². The van der Waals surface area contributed by atoms with E-state index in [-0.39, 0.29) is 12.1 Å². The van der Waals surface area contributed by atoms with Crippen molar-refractivity contribution in [2.45, 2.75) is 59.6 Å². The predicted molar refractivity (Wildman–Crippen MR) is 87.1 cm³/mol. The summed E-state index contributed by atoms with van der Waals surface area (Å²) in [6.45, 7) is 12.7. The van der Waals surface area contributed by atoms with Gasteiger partial charge in [-0.2, -0.15) is 0 Å². The average molecular weight is 277 g/mol. The maximum atomic E-state index is 6.01. The Kier molecular flexibility index (Phi) is 7.86. The molecule has 2 unspecified atom stereocenters. The first-order valence-electron chi connectivity index (χ1n) is 8.07. The molecule has 2 heteroatoms. The molecule has 1 N–H and O–H groups in total. The molecule has 114 valence electrons. The van der Waals surface area contributed by atoms with Gasteiger partial charge in [0, 0.05) is 6.61 Å². The topological polar surface area (TPSA) is 21.3 Å². The molecule has 1 rings (SSSR count).